The van der Waals surface area contributed by atoms with E-state index in [2.05, 4.69) is 119 Å². The monoisotopic (exact) mass is 707 g/mol. The van der Waals surface area contributed by atoms with Gasteiger partial charge in [-0.15, -0.1) is 0 Å². The van der Waals surface area contributed by atoms with Gasteiger partial charge in [-0.2, -0.15) is 0 Å². The lowest BCUT2D eigenvalue weighted by Gasteiger charge is -2.26. The molecule has 7 heteroatoms. The predicted molar refractivity (Wildman–Crippen MR) is 221 cm³/mol. The summed E-state index contributed by atoms with van der Waals surface area (Å²) in [7, 11) is 0. The number of anilines is 3. The Bertz CT molecular complexity index is 3040. The number of para-hydroxylation sites is 4. The number of nitrogens with zero attached hydrogens (tertiary/aromatic N) is 5. The Morgan fingerprint density at radius 1 is 0.400 bits per heavy atom. The molecule has 4 aromatic heterocycles. The molecule has 7 nitrogen and oxygen atoms in total. The zero-order chi connectivity index (χ0) is 36.3. The summed E-state index contributed by atoms with van der Waals surface area (Å²) in [6.07, 6.45) is 3.70. The van der Waals surface area contributed by atoms with Crippen molar-refractivity contribution in [1.82, 2.24) is 19.9 Å². The van der Waals surface area contributed by atoms with Gasteiger partial charge in [-0.05, 0) is 125 Å². The van der Waals surface area contributed by atoms with Crippen LogP contribution < -0.4 is 4.90 Å². The van der Waals surface area contributed by atoms with Gasteiger partial charge in [0.15, 0.2) is 11.2 Å². The molecule has 11 aromatic rings. The lowest BCUT2D eigenvalue weighted by Crippen LogP contribution is -2.09. The van der Waals surface area contributed by atoms with Crippen LogP contribution in [-0.2, 0) is 0 Å². The zero-order valence-corrected chi connectivity index (χ0v) is 29.3. The Balaban J connectivity index is 0.989. The molecule has 55 heavy (non-hydrogen) atoms. The molecule has 0 bridgehead atoms. The van der Waals surface area contributed by atoms with Gasteiger partial charge in [-0.25, -0.2) is 9.97 Å². The SMILES string of the molecule is c1cnc2c(c1)ccc1c(-c3ccc4cc(N(c5ccc(-c6nc7ccccc7o6)cc5)c5ccc(-c6nc7ccccc7o6)cc5)ccc4c3)ccnc12. The highest BCUT2D eigenvalue weighted by atomic mass is 16.4. The Hall–Kier alpha value is -7.64. The van der Waals surface area contributed by atoms with E-state index in [-0.39, 0.29) is 0 Å². The van der Waals surface area contributed by atoms with Crippen LogP contribution in [0, 0.1) is 0 Å². The molecule has 0 saturated heterocycles. The van der Waals surface area contributed by atoms with Crippen molar-refractivity contribution in [2.24, 2.45) is 0 Å². The van der Waals surface area contributed by atoms with Gasteiger partial charge in [0.25, 0.3) is 0 Å². The molecule has 258 valence electrons. The number of aromatic nitrogens is 4. The topological polar surface area (TPSA) is 81.1 Å². The first-order valence-corrected chi connectivity index (χ1v) is 18.1. The van der Waals surface area contributed by atoms with Gasteiger partial charge in [0.2, 0.25) is 11.8 Å². The molecule has 0 amide bonds. The molecule has 0 spiro atoms. The summed E-state index contributed by atoms with van der Waals surface area (Å²) < 4.78 is 12.2. The third-order valence-electron chi connectivity index (χ3n) is 10.2. The Morgan fingerprint density at radius 2 is 0.964 bits per heavy atom. The fourth-order valence-electron chi connectivity index (χ4n) is 7.49. The number of pyridine rings is 2. The summed E-state index contributed by atoms with van der Waals surface area (Å²) >= 11 is 0. The first kappa shape index (κ1) is 30.9. The molecule has 4 heterocycles. The van der Waals surface area contributed by atoms with Crippen LogP contribution in [0.1, 0.15) is 0 Å². The Morgan fingerprint density at radius 3 is 1.64 bits per heavy atom. The number of hydrogen-bond acceptors (Lipinski definition) is 7. The summed E-state index contributed by atoms with van der Waals surface area (Å²) in [4.78, 5) is 21.1. The minimum absolute atomic E-state index is 0.593. The standard InChI is InChI=1S/C48H29N5O2/c1-3-9-43-41(7-1)51-47(54-43)31-13-19-36(20-14-31)53(37-21-15-32(16-22-37)48-52-42-8-2-4-10-44(42)55-48)38-23-17-33-28-35(12-11-34(33)29-38)39-25-27-50-46-40(39)24-18-30-6-5-26-49-45(30)46/h1-29H. The summed E-state index contributed by atoms with van der Waals surface area (Å²) in [6, 6.07) is 56.0. The average molecular weight is 708 g/mol. The molecular formula is C48H29N5O2. The quantitative estimate of drug-likeness (QED) is 0.159. The third-order valence-corrected chi connectivity index (χ3v) is 10.2. The zero-order valence-electron chi connectivity index (χ0n) is 29.3. The normalized spacial score (nSPS) is 11.6. The summed E-state index contributed by atoms with van der Waals surface area (Å²) in [5, 5.41) is 4.43. The van der Waals surface area contributed by atoms with Crippen LogP contribution in [0.15, 0.2) is 185 Å². The van der Waals surface area contributed by atoms with Gasteiger partial charge in [-0.3, -0.25) is 9.97 Å². The van der Waals surface area contributed by atoms with E-state index in [1.54, 1.807) is 0 Å². The number of rotatable bonds is 6. The van der Waals surface area contributed by atoms with Crippen LogP contribution in [0.2, 0.25) is 0 Å². The second kappa shape index (κ2) is 12.5. The molecule has 7 aromatic carbocycles. The van der Waals surface area contributed by atoms with Gasteiger partial charge < -0.3 is 13.7 Å². The molecule has 0 saturated carbocycles. The van der Waals surface area contributed by atoms with Gasteiger partial charge in [0.05, 0.1) is 11.0 Å². The van der Waals surface area contributed by atoms with Crippen LogP contribution in [-0.4, -0.2) is 19.9 Å². The van der Waals surface area contributed by atoms with Crippen LogP contribution in [0.3, 0.4) is 0 Å². The smallest absolute Gasteiger partial charge is 0.227 e. The van der Waals surface area contributed by atoms with Crippen molar-refractivity contribution in [1.29, 1.82) is 0 Å². The molecule has 0 unspecified atom stereocenters. The lowest BCUT2D eigenvalue weighted by atomic mass is 9.97. The second-order valence-electron chi connectivity index (χ2n) is 13.5. The minimum Gasteiger partial charge on any atom is -0.436 e. The number of oxazole rings is 2. The molecular weight excluding hydrogens is 679 g/mol. The van der Waals surface area contributed by atoms with Crippen LogP contribution >= 0.6 is 0 Å². The van der Waals surface area contributed by atoms with Crippen molar-refractivity contribution in [3.05, 3.63) is 176 Å². The maximum absolute atomic E-state index is 6.09. The molecule has 0 aliphatic carbocycles. The number of benzene rings is 7. The summed E-state index contributed by atoms with van der Waals surface area (Å²) in [5.41, 5.74) is 12.1. The fourth-order valence-corrected chi connectivity index (χ4v) is 7.49. The Labute approximate surface area is 314 Å². The van der Waals surface area contributed by atoms with Crippen molar-refractivity contribution in [3.8, 4) is 34.0 Å². The predicted octanol–water partition coefficient (Wildman–Crippen LogP) is 12.7. The van der Waals surface area contributed by atoms with Crippen LogP contribution in [0.25, 0.3) is 88.8 Å². The third kappa shape index (κ3) is 5.37. The first-order chi connectivity index (χ1) is 27.2. The van der Waals surface area contributed by atoms with E-state index >= 15 is 0 Å². The van der Waals surface area contributed by atoms with Crippen molar-refractivity contribution in [3.63, 3.8) is 0 Å². The van der Waals surface area contributed by atoms with Gasteiger partial charge in [-0.1, -0.05) is 60.7 Å². The van der Waals surface area contributed by atoms with Crippen molar-refractivity contribution >= 4 is 71.8 Å². The van der Waals surface area contributed by atoms with Gasteiger partial charge in [0.1, 0.15) is 11.0 Å². The maximum atomic E-state index is 6.09. The van der Waals surface area contributed by atoms with Gasteiger partial charge >= 0.3 is 0 Å². The molecule has 0 aliphatic heterocycles. The highest BCUT2D eigenvalue weighted by Gasteiger charge is 2.17. The van der Waals surface area contributed by atoms with Crippen LogP contribution in [0.4, 0.5) is 17.1 Å². The minimum atomic E-state index is 0.593. The molecule has 0 N–H and O–H groups in total. The second-order valence-corrected chi connectivity index (χ2v) is 13.5. The number of hydrogen-bond donors (Lipinski definition) is 0. The summed E-state index contributed by atoms with van der Waals surface area (Å²) in [6.45, 7) is 0. The Kier molecular flexibility index (Phi) is 7.03. The van der Waals surface area contributed by atoms with E-state index < -0.39 is 0 Å². The molecule has 0 fully saturated rings. The number of fused-ring (bicyclic) bond motifs is 6. The fraction of sp³-hybridized carbons (Fsp3) is 0. The van der Waals surface area contributed by atoms with E-state index in [0.29, 0.717) is 11.8 Å². The van der Waals surface area contributed by atoms with E-state index in [0.717, 1.165) is 94.1 Å². The molecule has 0 aliphatic rings. The van der Waals surface area contributed by atoms with Crippen molar-refractivity contribution in [2.75, 3.05) is 4.90 Å². The van der Waals surface area contributed by atoms with Crippen molar-refractivity contribution < 1.29 is 8.83 Å². The lowest BCUT2D eigenvalue weighted by molar-refractivity contribution is 0.619. The largest absolute Gasteiger partial charge is 0.436 e. The summed E-state index contributed by atoms with van der Waals surface area (Å²) in [5.74, 6) is 1.19. The van der Waals surface area contributed by atoms with E-state index in [9.17, 15) is 0 Å². The molecule has 0 atom stereocenters. The maximum Gasteiger partial charge on any atom is 0.227 e. The van der Waals surface area contributed by atoms with E-state index in [4.69, 9.17) is 23.8 Å². The van der Waals surface area contributed by atoms with Crippen molar-refractivity contribution in [2.45, 2.75) is 0 Å². The van der Waals surface area contributed by atoms with Gasteiger partial charge in [0, 0.05) is 51.4 Å². The average Bonchev–Trinajstić information content (AvgIpc) is 3.89. The highest BCUT2D eigenvalue weighted by Crippen LogP contribution is 2.40. The molecule has 11 rings (SSSR count). The highest BCUT2D eigenvalue weighted by molar-refractivity contribution is 6.08. The van der Waals surface area contributed by atoms with E-state index in [1.165, 1.54) is 0 Å². The molecule has 0 radical (unpaired) electrons. The van der Waals surface area contributed by atoms with E-state index in [1.807, 2.05) is 67.0 Å². The first-order valence-electron chi connectivity index (χ1n) is 18.1. The van der Waals surface area contributed by atoms with Crippen LogP contribution in [0.5, 0.6) is 0 Å².